The largest absolute Gasteiger partial charge is 0.376 e. The molecular formula is C23H26N2O. The summed E-state index contributed by atoms with van der Waals surface area (Å²) in [5.74, 6) is 6.82. The maximum absolute atomic E-state index is 11.0. The van der Waals surface area contributed by atoms with Crippen LogP contribution in [0.1, 0.15) is 35.4 Å². The Bertz CT molecular complexity index is 828. The van der Waals surface area contributed by atoms with Crippen LogP contribution in [0.3, 0.4) is 0 Å². The van der Waals surface area contributed by atoms with Crippen molar-refractivity contribution in [1.82, 2.24) is 9.88 Å². The van der Waals surface area contributed by atoms with E-state index < -0.39 is 5.60 Å². The molecule has 3 nitrogen and oxygen atoms in total. The lowest BCUT2D eigenvalue weighted by atomic mass is 9.75. The zero-order valence-electron chi connectivity index (χ0n) is 15.4. The molecule has 0 radical (unpaired) electrons. The number of benzene rings is 1. The van der Waals surface area contributed by atoms with Gasteiger partial charge in [-0.25, -0.2) is 0 Å². The second kappa shape index (κ2) is 7.23. The second-order valence-corrected chi connectivity index (χ2v) is 7.66. The highest BCUT2D eigenvalue weighted by atomic mass is 16.3. The summed E-state index contributed by atoms with van der Waals surface area (Å²) in [5, 5.41) is 11.0. The summed E-state index contributed by atoms with van der Waals surface area (Å²) in [6.07, 6.45) is 3.92. The predicted molar refractivity (Wildman–Crippen MR) is 104 cm³/mol. The van der Waals surface area contributed by atoms with Gasteiger partial charge >= 0.3 is 0 Å². The van der Waals surface area contributed by atoms with Crippen molar-refractivity contribution in [2.75, 3.05) is 19.6 Å². The lowest BCUT2D eigenvalue weighted by Crippen LogP contribution is -2.58. The van der Waals surface area contributed by atoms with Crippen molar-refractivity contribution in [2.45, 2.75) is 38.2 Å². The summed E-state index contributed by atoms with van der Waals surface area (Å²) >= 11 is 0. The lowest BCUT2D eigenvalue weighted by Gasteiger charge is -2.47. The molecule has 26 heavy (non-hydrogen) atoms. The molecule has 0 spiro atoms. The molecule has 3 saturated heterocycles. The van der Waals surface area contributed by atoms with Gasteiger partial charge in [-0.2, -0.15) is 0 Å². The minimum absolute atomic E-state index is 0.311. The number of hydrogen-bond donors (Lipinski definition) is 1. The Hall–Kier alpha value is -2.15. The van der Waals surface area contributed by atoms with Crippen molar-refractivity contribution in [3.63, 3.8) is 0 Å². The van der Waals surface area contributed by atoms with Crippen molar-refractivity contribution in [2.24, 2.45) is 5.92 Å². The van der Waals surface area contributed by atoms with Gasteiger partial charge < -0.3 is 5.11 Å². The Balaban J connectivity index is 1.55. The van der Waals surface area contributed by atoms with Gasteiger partial charge in [0.2, 0.25) is 0 Å². The van der Waals surface area contributed by atoms with Gasteiger partial charge in [-0.3, -0.25) is 9.88 Å². The van der Waals surface area contributed by atoms with Crippen LogP contribution >= 0.6 is 0 Å². The van der Waals surface area contributed by atoms with Crippen LogP contribution in [0.2, 0.25) is 0 Å². The number of aliphatic hydroxyl groups is 1. The van der Waals surface area contributed by atoms with Gasteiger partial charge in [0, 0.05) is 23.7 Å². The van der Waals surface area contributed by atoms with Crippen LogP contribution in [0.25, 0.3) is 0 Å². The first-order valence-electron chi connectivity index (χ1n) is 9.61. The topological polar surface area (TPSA) is 36.4 Å². The van der Waals surface area contributed by atoms with E-state index in [4.69, 9.17) is 4.98 Å². The van der Waals surface area contributed by atoms with Crippen LogP contribution in [0.15, 0.2) is 42.5 Å². The van der Waals surface area contributed by atoms with E-state index >= 15 is 0 Å². The van der Waals surface area contributed by atoms with Crippen LogP contribution in [-0.2, 0) is 12.8 Å². The third-order valence-corrected chi connectivity index (χ3v) is 5.75. The molecule has 1 aromatic carbocycles. The number of rotatable bonds is 3. The molecule has 1 unspecified atom stereocenters. The SMILES string of the molecule is Cc1ccc(C#CC2(O)CN3CCC2CC3)c(CCc2ccccc2)n1. The fourth-order valence-electron chi connectivity index (χ4n) is 4.18. The molecule has 5 rings (SSSR count). The van der Waals surface area contributed by atoms with Gasteiger partial charge in [-0.05, 0) is 63.4 Å². The molecular weight excluding hydrogens is 320 g/mol. The van der Waals surface area contributed by atoms with Gasteiger partial charge in [-0.1, -0.05) is 42.2 Å². The smallest absolute Gasteiger partial charge is 0.141 e. The molecule has 1 atom stereocenters. The van der Waals surface area contributed by atoms with Crippen LogP contribution < -0.4 is 0 Å². The highest BCUT2D eigenvalue weighted by Crippen LogP contribution is 2.35. The fraction of sp³-hybridized carbons (Fsp3) is 0.435. The summed E-state index contributed by atoms with van der Waals surface area (Å²) in [5.41, 5.74) is 3.45. The first-order valence-corrected chi connectivity index (χ1v) is 9.61. The van der Waals surface area contributed by atoms with E-state index in [1.165, 1.54) is 5.56 Å². The van der Waals surface area contributed by atoms with Gasteiger partial charge in [0.1, 0.15) is 5.60 Å². The Morgan fingerprint density at radius 2 is 1.88 bits per heavy atom. The molecule has 0 saturated carbocycles. The van der Waals surface area contributed by atoms with Crippen molar-refractivity contribution in [1.29, 1.82) is 0 Å². The van der Waals surface area contributed by atoms with Crippen molar-refractivity contribution in [3.05, 3.63) is 65.0 Å². The van der Waals surface area contributed by atoms with Crippen molar-refractivity contribution in [3.8, 4) is 11.8 Å². The molecule has 3 fully saturated rings. The molecule has 2 aromatic rings. The lowest BCUT2D eigenvalue weighted by molar-refractivity contribution is -0.0713. The Morgan fingerprint density at radius 3 is 2.58 bits per heavy atom. The summed E-state index contributed by atoms with van der Waals surface area (Å²) in [6, 6.07) is 14.6. The number of nitrogens with zero attached hydrogens (tertiary/aromatic N) is 2. The normalized spacial score (nSPS) is 27.0. The highest BCUT2D eigenvalue weighted by Gasteiger charge is 2.44. The summed E-state index contributed by atoms with van der Waals surface area (Å²) in [4.78, 5) is 7.06. The fourth-order valence-corrected chi connectivity index (χ4v) is 4.18. The standard InChI is InChI=1S/C23H26N2O/c1-18-7-9-20(22(24-18)10-8-19-5-3-2-4-6-19)11-14-23(26)17-25-15-12-21(23)13-16-25/h2-7,9,21,26H,8,10,12-13,15-17H2,1H3. The van der Waals surface area contributed by atoms with Crippen LogP contribution in [0.4, 0.5) is 0 Å². The molecule has 3 aliphatic heterocycles. The van der Waals surface area contributed by atoms with E-state index in [1.807, 2.05) is 19.1 Å². The number of hydrogen-bond acceptors (Lipinski definition) is 3. The first-order chi connectivity index (χ1) is 12.6. The summed E-state index contributed by atoms with van der Waals surface area (Å²) < 4.78 is 0. The molecule has 2 bridgehead atoms. The van der Waals surface area contributed by atoms with E-state index in [-0.39, 0.29) is 0 Å². The van der Waals surface area contributed by atoms with Gasteiger partial charge in [0.05, 0.1) is 5.69 Å². The van der Waals surface area contributed by atoms with E-state index in [2.05, 4.69) is 47.1 Å². The summed E-state index contributed by atoms with van der Waals surface area (Å²) in [6.45, 7) is 4.90. The second-order valence-electron chi connectivity index (χ2n) is 7.66. The molecule has 1 aromatic heterocycles. The molecule has 3 heteroatoms. The van der Waals surface area contributed by atoms with Gasteiger partial charge in [0.25, 0.3) is 0 Å². The zero-order chi connectivity index (χ0) is 18.0. The average molecular weight is 346 g/mol. The molecule has 3 aliphatic rings. The van der Waals surface area contributed by atoms with E-state index in [9.17, 15) is 5.11 Å². The van der Waals surface area contributed by atoms with Crippen molar-refractivity contribution < 1.29 is 5.11 Å². The van der Waals surface area contributed by atoms with E-state index in [1.54, 1.807) is 0 Å². The number of aryl methyl sites for hydroxylation is 3. The van der Waals surface area contributed by atoms with Crippen molar-refractivity contribution >= 4 is 0 Å². The number of aromatic nitrogens is 1. The quantitative estimate of drug-likeness (QED) is 0.868. The molecule has 0 aliphatic carbocycles. The average Bonchev–Trinajstić information content (AvgIpc) is 2.67. The maximum atomic E-state index is 11.0. The molecule has 1 N–H and O–H groups in total. The number of piperidine rings is 3. The minimum atomic E-state index is -0.863. The van der Waals surface area contributed by atoms with Gasteiger partial charge in [0.15, 0.2) is 0 Å². The zero-order valence-corrected chi connectivity index (χ0v) is 15.4. The maximum Gasteiger partial charge on any atom is 0.141 e. The molecule has 0 amide bonds. The monoisotopic (exact) mass is 346 g/mol. The molecule has 134 valence electrons. The van der Waals surface area contributed by atoms with E-state index in [0.29, 0.717) is 12.5 Å². The van der Waals surface area contributed by atoms with Crippen LogP contribution in [0.5, 0.6) is 0 Å². The number of fused-ring (bicyclic) bond motifs is 3. The van der Waals surface area contributed by atoms with Gasteiger partial charge in [-0.15, -0.1) is 0 Å². The highest BCUT2D eigenvalue weighted by molar-refractivity contribution is 5.41. The third-order valence-electron chi connectivity index (χ3n) is 5.75. The minimum Gasteiger partial charge on any atom is -0.376 e. The van der Waals surface area contributed by atoms with E-state index in [0.717, 1.165) is 55.7 Å². The molecule has 4 heterocycles. The Morgan fingerprint density at radius 1 is 1.12 bits per heavy atom. The predicted octanol–water partition coefficient (Wildman–Crippen LogP) is 2.98. The van der Waals surface area contributed by atoms with Crippen LogP contribution in [0, 0.1) is 24.7 Å². The third kappa shape index (κ3) is 3.67. The van der Waals surface area contributed by atoms with Crippen LogP contribution in [-0.4, -0.2) is 40.2 Å². The number of pyridine rings is 1. The Labute approximate surface area is 156 Å². The first kappa shape index (κ1) is 17.3. The Kier molecular flexibility index (Phi) is 4.80. The summed E-state index contributed by atoms with van der Waals surface area (Å²) in [7, 11) is 0.